The number of benzene rings is 1. The van der Waals surface area contributed by atoms with E-state index >= 15 is 0 Å². The Balaban J connectivity index is 2.05. The Hall–Kier alpha value is -2.30. The fraction of sp³-hybridized carbons (Fsp3) is 0.286. The third-order valence-electron chi connectivity index (χ3n) is 2.11. The monoisotopic (exact) mass is 260 g/mol. The predicted molar refractivity (Wildman–Crippen MR) is 70.4 cm³/mol. The van der Waals surface area contributed by atoms with Gasteiger partial charge in [0.05, 0.1) is 0 Å². The van der Waals surface area contributed by atoms with E-state index in [-0.39, 0.29) is 0 Å². The molecule has 0 atom stereocenters. The number of carbonyl (C=O) groups is 1. The van der Waals surface area contributed by atoms with Crippen LogP contribution in [-0.2, 0) is 4.74 Å². The highest BCUT2D eigenvalue weighted by Gasteiger charge is 2.18. The van der Waals surface area contributed by atoms with Gasteiger partial charge in [-0.3, -0.25) is 0 Å². The summed E-state index contributed by atoms with van der Waals surface area (Å²) in [6, 6.07) is 10.8. The third-order valence-corrected chi connectivity index (χ3v) is 2.11. The fourth-order valence-electron chi connectivity index (χ4n) is 1.38. The summed E-state index contributed by atoms with van der Waals surface area (Å²) in [5.41, 5.74) is -0.552. The average Bonchev–Trinajstić information content (AvgIpc) is 2.77. The van der Waals surface area contributed by atoms with Gasteiger partial charge in [0.2, 0.25) is 5.88 Å². The second-order valence-corrected chi connectivity index (χ2v) is 4.99. The van der Waals surface area contributed by atoms with Gasteiger partial charge in [-0.1, -0.05) is 18.2 Å². The van der Waals surface area contributed by atoms with Crippen LogP contribution in [0.15, 0.2) is 42.6 Å². The first-order valence-electron chi connectivity index (χ1n) is 5.96. The molecule has 100 valence electrons. The lowest BCUT2D eigenvalue weighted by molar-refractivity contribution is 0.0512. The number of rotatable bonds is 2. The van der Waals surface area contributed by atoms with Crippen LogP contribution in [0.25, 0.3) is 0 Å². The van der Waals surface area contributed by atoms with E-state index in [1.165, 1.54) is 6.20 Å². The van der Waals surface area contributed by atoms with Crippen LogP contribution in [0.2, 0.25) is 0 Å². The van der Waals surface area contributed by atoms with Crippen molar-refractivity contribution >= 4 is 6.09 Å². The fourth-order valence-corrected chi connectivity index (χ4v) is 1.38. The Morgan fingerprint density at radius 1 is 1.16 bits per heavy atom. The molecule has 2 aromatic rings. The van der Waals surface area contributed by atoms with Crippen LogP contribution in [0.4, 0.5) is 4.79 Å². The smallest absolute Gasteiger partial charge is 0.435 e. The maximum atomic E-state index is 11.7. The van der Waals surface area contributed by atoms with E-state index in [1.807, 2.05) is 30.3 Å². The van der Waals surface area contributed by atoms with Crippen LogP contribution in [-0.4, -0.2) is 21.5 Å². The molecule has 0 saturated carbocycles. The topological polar surface area (TPSA) is 53.4 Å². The highest BCUT2D eigenvalue weighted by molar-refractivity contribution is 5.69. The third kappa shape index (κ3) is 3.84. The number of hydrogen-bond donors (Lipinski definition) is 0. The van der Waals surface area contributed by atoms with Crippen LogP contribution >= 0.6 is 0 Å². The largest absolute Gasteiger partial charge is 0.442 e. The Labute approximate surface area is 111 Å². The molecule has 0 bridgehead atoms. The van der Waals surface area contributed by atoms with Crippen molar-refractivity contribution in [2.24, 2.45) is 0 Å². The summed E-state index contributed by atoms with van der Waals surface area (Å²) >= 11 is 0. The van der Waals surface area contributed by atoms with Crippen molar-refractivity contribution < 1.29 is 14.3 Å². The predicted octanol–water partition coefficient (Wildman–Crippen LogP) is 3.46. The zero-order valence-corrected chi connectivity index (χ0v) is 11.2. The van der Waals surface area contributed by atoms with Gasteiger partial charge in [0, 0.05) is 12.3 Å². The molecule has 0 amide bonds. The summed E-state index contributed by atoms with van der Waals surface area (Å²) in [5.74, 6) is 1.01. The van der Waals surface area contributed by atoms with Gasteiger partial charge in [0.1, 0.15) is 11.4 Å². The molecule has 0 aliphatic carbocycles. The molecule has 5 heteroatoms. The highest BCUT2D eigenvalue weighted by Crippen LogP contribution is 2.18. The van der Waals surface area contributed by atoms with Crippen LogP contribution in [0.5, 0.6) is 11.6 Å². The van der Waals surface area contributed by atoms with E-state index in [9.17, 15) is 4.79 Å². The van der Waals surface area contributed by atoms with Crippen LogP contribution in [0.3, 0.4) is 0 Å². The zero-order chi connectivity index (χ0) is 13.9. The highest BCUT2D eigenvalue weighted by atomic mass is 16.6. The standard InChI is InChI=1S/C14H16N2O3/c1-14(2,3)19-13(17)16-10-9-12(15-16)18-11-7-5-4-6-8-11/h4-10H,1-3H3. The average molecular weight is 260 g/mol. The van der Waals surface area contributed by atoms with E-state index in [0.717, 1.165) is 4.68 Å². The number of hydrogen-bond acceptors (Lipinski definition) is 4. The first kappa shape index (κ1) is 13.1. The number of nitrogens with zero attached hydrogens (tertiary/aromatic N) is 2. The number of para-hydroxylation sites is 1. The van der Waals surface area contributed by atoms with Gasteiger partial charge in [0.25, 0.3) is 0 Å². The molecule has 19 heavy (non-hydrogen) atoms. The minimum absolute atomic E-state index is 0.344. The van der Waals surface area contributed by atoms with Crippen molar-refractivity contribution in [3.8, 4) is 11.6 Å². The lowest BCUT2D eigenvalue weighted by Gasteiger charge is -2.18. The summed E-state index contributed by atoms with van der Waals surface area (Å²) in [5, 5.41) is 4.01. The molecule has 1 aromatic heterocycles. The van der Waals surface area contributed by atoms with E-state index < -0.39 is 11.7 Å². The minimum atomic E-state index is -0.552. The van der Waals surface area contributed by atoms with Gasteiger partial charge in [-0.15, -0.1) is 5.10 Å². The molecule has 0 fully saturated rings. The van der Waals surface area contributed by atoms with Gasteiger partial charge < -0.3 is 9.47 Å². The van der Waals surface area contributed by atoms with Gasteiger partial charge in [-0.25, -0.2) is 4.79 Å². The second kappa shape index (κ2) is 5.14. The van der Waals surface area contributed by atoms with Crippen LogP contribution in [0.1, 0.15) is 20.8 Å². The van der Waals surface area contributed by atoms with Crippen molar-refractivity contribution in [3.63, 3.8) is 0 Å². The molecule has 0 aliphatic rings. The van der Waals surface area contributed by atoms with Crippen LogP contribution < -0.4 is 4.74 Å². The lowest BCUT2D eigenvalue weighted by Crippen LogP contribution is -2.27. The first-order chi connectivity index (χ1) is 8.94. The zero-order valence-electron chi connectivity index (χ0n) is 11.2. The molecule has 1 aromatic carbocycles. The summed E-state index contributed by atoms with van der Waals surface area (Å²) in [7, 11) is 0. The van der Waals surface area contributed by atoms with E-state index in [0.29, 0.717) is 11.6 Å². The Bertz CT molecular complexity index is 556. The molecule has 0 radical (unpaired) electrons. The van der Waals surface area contributed by atoms with Crippen molar-refractivity contribution in [3.05, 3.63) is 42.6 Å². The number of aromatic nitrogens is 2. The molecular weight excluding hydrogens is 244 g/mol. The Morgan fingerprint density at radius 2 is 1.84 bits per heavy atom. The number of ether oxygens (including phenoxy) is 2. The Kier molecular flexibility index (Phi) is 3.55. The number of carbonyl (C=O) groups excluding carboxylic acids is 1. The molecule has 0 N–H and O–H groups in total. The molecule has 2 rings (SSSR count). The summed E-state index contributed by atoms with van der Waals surface area (Å²) in [6.07, 6.45) is 0.974. The van der Waals surface area contributed by atoms with Gasteiger partial charge in [-0.2, -0.15) is 4.68 Å². The van der Waals surface area contributed by atoms with Gasteiger partial charge >= 0.3 is 6.09 Å². The van der Waals surface area contributed by atoms with Gasteiger partial charge in [0.15, 0.2) is 0 Å². The Morgan fingerprint density at radius 3 is 2.47 bits per heavy atom. The molecule has 5 nitrogen and oxygen atoms in total. The SMILES string of the molecule is CC(C)(C)OC(=O)n1ccc(Oc2ccccc2)n1. The maximum absolute atomic E-state index is 11.7. The first-order valence-corrected chi connectivity index (χ1v) is 5.96. The normalized spacial score (nSPS) is 11.1. The summed E-state index contributed by atoms with van der Waals surface area (Å²) < 4.78 is 11.8. The van der Waals surface area contributed by atoms with E-state index in [4.69, 9.17) is 9.47 Å². The van der Waals surface area contributed by atoms with E-state index in [2.05, 4.69) is 5.10 Å². The van der Waals surface area contributed by atoms with Crippen molar-refractivity contribution in [2.45, 2.75) is 26.4 Å². The minimum Gasteiger partial charge on any atom is -0.442 e. The quantitative estimate of drug-likeness (QED) is 0.829. The molecular formula is C14H16N2O3. The molecule has 0 spiro atoms. The van der Waals surface area contributed by atoms with Crippen LogP contribution in [0, 0.1) is 0 Å². The molecule has 0 unspecified atom stereocenters. The summed E-state index contributed by atoms with van der Waals surface area (Å²) in [4.78, 5) is 11.7. The van der Waals surface area contributed by atoms with Gasteiger partial charge in [-0.05, 0) is 32.9 Å². The molecule has 0 saturated heterocycles. The van der Waals surface area contributed by atoms with E-state index in [1.54, 1.807) is 26.8 Å². The lowest BCUT2D eigenvalue weighted by atomic mass is 10.2. The van der Waals surface area contributed by atoms with Crippen molar-refractivity contribution in [2.75, 3.05) is 0 Å². The summed E-state index contributed by atoms with van der Waals surface area (Å²) in [6.45, 7) is 5.40. The molecule has 1 heterocycles. The second-order valence-electron chi connectivity index (χ2n) is 4.99. The molecule has 0 aliphatic heterocycles. The van der Waals surface area contributed by atoms with Crippen molar-refractivity contribution in [1.82, 2.24) is 9.78 Å². The maximum Gasteiger partial charge on any atom is 0.435 e. The van der Waals surface area contributed by atoms with Crippen molar-refractivity contribution in [1.29, 1.82) is 0 Å².